The highest BCUT2D eigenvalue weighted by molar-refractivity contribution is 5.78. The highest BCUT2D eigenvalue weighted by Gasteiger charge is 1.73. The maximum Gasteiger partial charge on any atom is 0.327 e. The molecule has 0 aromatic heterocycles. The predicted octanol–water partition coefficient (Wildman–Crippen LogP) is 1.20. The molecule has 0 aliphatic heterocycles. The van der Waals surface area contributed by atoms with E-state index in [1.165, 1.54) is 0 Å². The monoisotopic (exact) mass is 169 g/mol. The quantitative estimate of drug-likeness (QED) is 0.369. The smallest absolute Gasteiger partial charge is 0.327 e. The maximum absolute atomic E-state index is 9.25. The van der Waals surface area contributed by atoms with E-state index in [4.69, 9.17) is 5.11 Å². The lowest BCUT2D eigenvalue weighted by Crippen LogP contribution is -2.11. The summed E-state index contributed by atoms with van der Waals surface area (Å²) < 4.78 is 0. The van der Waals surface area contributed by atoms with Crippen LogP contribution in [-0.2, 0) is 4.79 Å². The molecule has 0 radical (unpaired) electrons. The van der Waals surface area contributed by atoms with Crippen LogP contribution in [-0.4, -0.2) is 24.2 Å². The van der Waals surface area contributed by atoms with Gasteiger partial charge in [0.2, 0.25) is 0 Å². The minimum atomic E-state index is -0.981. The molecule has 0 aromatic rings. The van der Waals surface area contributed by atoms with Crippen LogP contribution in [0.5, 0.6) is 0 Å². The Bertz CT molecular complexity index is 145. The molecule has 0 spiro atoms. The van der Waals surface area contributed by atoms with E-state index in [-0.39, 0.29) is 0 Å². The summed E-state index contributed by atoms with van der Waals surface area (Å²) in [5, 5.41) is 10.7. The van der Waals surface area contributed by atoms with Gasteiger partial charge in [0.1, 0.15) is 0 Å². The Morgan fingerprint density at radius 2 is 1.58 bits per heavy atom. The molecule has 0 aliphatic carbocycles. The van der Waals surface area contributed by atoms with Crippen molar-refractivity contribution in [1.29, 1.82) is 0 Å². The second kappa shape index (κ2) is 12.3. The van der Waals surface area contributed by atoms with Gasteiger partial charge in [-0.25, -0.2) is 4.79 Å². The highest BCUT2D eigenvalue weighted by Crippen LogP contribution is 1.59. The Morgan fingerprint density at radius 1 is 1.25 bits per heavy atom. The third-order valence-corrected chi connectivity index (χ3v) is 0.752. The van der Waals surface area contributed by atoms with Crippen LogP contribution < -0.4 is 5.32 Å². The molecule has 0 saturated heterocycles. The summed E-state index contributed by atoms with van der Waals surface area (Å²) in [7, 11) is 0. The normalized spacial score (nSPS) is 7.33. The topological polar surface area (TPSA) is 49.3 Å². The standard InChI is InChI=1S/C6H11N.C3H4O2/c1-3-5-7-6-4-2;1-2-3(4)5/h3-4,7H,1-2,5-6H2;2H,1H2,(H,4,5). The van der Waals surface area contributed by atoms with Crippen LogP contribution in [0.2, 0.25) is 0 Å². The van der Waals surface area contributed by atoms with E-state index in [1.807, 2.05) is 12.2 Å². The molecule has 3 nitrogen and oxygen atoms in total. The van der Waals surface area contributed by atoms with Crippen molar-refractivity contribution in [3.8, 4) is 0 Å². The molecule has 12 heavy (non-hydrogen) atoms. The zero-order chi connectivity index (χ0) is 9.82. The summed E-state index contributed by atoms with van der Waals surface area (Å²) in [5.41, 5.74) is 0. The zero-order valence-corrected chi connectivity index (χ0v) is 7.12. The van der Waals surface area contributed by atoms with Crippen LogP contribution in [0, 0.1) is 0 Å². The van der Waals surface area contributed by atoms with Gasteiger partial charge < -0.3 is 10.4 Å². The number of carboxylic acid groups (broad SMARTS) is 1. The molecule has 0 fully saturated rings. The molecule has 3 heteroatoms. The number of nitrogens with one attached hydrogen (secondary N) is 1. The van der Waals surface area contributed by atoms with Crippen molar-refractivity contribution in [1.82, 2.24) is 5.32 Å². The third kappa shape index (κ3) is 23.4. The van der Waals surface area contributed by atoms with Crippen molar-refractivity contribution in [3.05, 3.63) is 38.0 Å². The van der Waals surface area contributed by atoms with Crippen LogP contribution >= 0.6 is 0 Å². The summed E-state index contributed by atoms with van der Waals surface area (Å²) in [6.45, 7) is 11.8. The highest BCUT2D eigenvalue weighted by atomic mass is 16.4. The molecule has 0 heterocycles. The SMILES string of the molecule is C=CC(=O)O.C=CCNCC=C. The van der Waals surface area contributed by atoms with Gasteiger partial charge in [-0.3, -0.25) is 0 Å². The Kier molecular flexibility index (Phi) is 13.6. The molecular formula is C9H15NO2. The molecule has 0 atom stereocenters. The van der Waals surface area contributed by atoms with Crippen molar-refractivity contribution < 1.29 is 9.90 Å². The average molecular weight is 169 g/mol. The number of hydrogen-bond donors (Lipinski definition) is 2. The van der Waals surface area contributed by atoms with Gasteiger partial charge in [0.25, 0.3) is 0 Å². The second-order valence-corrected chi connectivity index (χ2v) is 1.78. The number of rotatable bonds is 5. The lowest BCUT2D eigenvalue weighted by molar-refractivity contribution is -0.131. The van der Waals surface area contributed by atoms with E-state index in [9.17, 15) is 4.79 Å². The Hall–Kier alpha value is -1.35. The summed E-state index contributed by atoms with van der Waals surface area (Å²) in [6, 6.07) is 0. The molecule has 0 aliphatic rings. The molecule has 0 aromatic carbocycles. The predicted molar refractivity (Wildman–Crippen MR) is 51.1 cm³/mol. The van der Waals surface area contributed by atoms with E-state index in [1.54, 1.807) is 0 Å². The first-order chi connectivity index (χ1) is 5.68. The summed E-state index contributed by atoms with van der Waals surface area (Å²) >= 11 is 0. The van der Waals surface area contributed by atoms with E-state index in [0.29, 0.717) is 0 Å². The fourth-order valence-corrected chi connectivity index (χ4v) is 0.287. The van der Waals surface area contributed by atoms with Gasteiger partial charge in [-0.05, 0) is 0 Å². The minimum Gasteiger partial charge on any atom is -0.478 e. The van der Waals surface area contributed by atoms with Gasteiger partial charge in [0.05, 0.1) is 0 Å². The molecular weight excluding hydrogens is 154 g/mol. The van der Waals surface area contributed by atoms with Gasteiger partial charge in [0, 0.05) is 19.2 Å². The van der Waals surface area contributed by atoms with Crippen LogP contribution in [0.15, 0.2) is 38.0 Å². The third-order valence-electron chi connectivity index (χ3n) is 0.752. The van der Waals surface area contributed by atoms with Crippen LogP contribution in [0.25, 0.3) is 0 Å². The molecule has 0 saturated carbocycles. The molecule has 2 N–H and O–H groups in total. The molecule has 0 bridgehead atoms. The van der Waals surface area contributed by atoms with Gasteiger partial charge in [0.15, 0.2) is 0 Å². The Balaban J connectivity index is 0. The Morgan fingerprint density at radius 3 is 1.75 bits per heavy atom. The Labute approximate surface area is 73.1 Å². The summed E-state index contributed by atoms with van der Waals surface area (Å²) in [4.78, 5) is 9.25. The van der Waals surface area contributed by atoms with Gasteiger partial charge >= 0.3 is 5.97 Å². The van der Waals surface area contributed by atoms with Crippen molar-refractivity contribution in [2.45, 2.75) is 0 Å². The van der Waals surface area contributed by atoms with Crippen molar-refractivity contribution in [2.24, 2.45) is 0 Å². The number of hydrogen-bond acceptors (Lipinski definition) is 2. The van der Waals surface area contributed by atoms with Gasteiger partial charge in [-0.1, -0.05) is 18.7 Å². The number of carboxylic acids is 1. The summed E-state index contributed by atoms with van der Waals surface area (Å²) in [6.07, 6.45) is 4.48. The lowest BCUT2D eigenvalue weighted by atomic mass is 10.5. The lowest BCUT2D eigenvalue weighted by Gasteiger charge is -1.90. The summed E-state index contributed by atoms with van der Waals surface area (Å²) in [5.74, 6) is -0.981. The molecule has 0 amide bonds. The molecule has 68 valence electrons. The van der Waals surface area contributed by atoms with Crippen LogP contribution in [0.4, 0.5) is 0 Å². The van der Waals surface area contributed by atoms with Gasteiger partial charge in [-0.2, -0.15) is 0 Å². The van der Waals surface area contributed by atoms with Crippen molar-refractivity contribution in [2.75, 3.05) is 13.1 Å². The van der Waals surface area contributed by atoms with E-state index >= 15 is 0 Å². The first-order valence-electron chi connectivity index (χ1n) is 3.46. The number of carbonyl (C=O) groups is 1. The van der Waals surface area contributed by atoms with Crippen LogP contribution in [0.3, 0.4) is 0 Å². The van der Waals surface area contributed by atoms with Crippen LogP contribution in [0.1, 0.15) is 0 Å². The van der Waals surface area contributed by atoms with E-state index in [2.05, 4.69) is 25.1 Å². The van der Waals surface area contributed by atoms with Crippen molar-refractivity contribution in [3.63, 3.8) is 0 Å². The van der Waals surface area contributed by atoms with E-state index in [0.717, 1.165) is 19.2 Å². The largest absolute Gasteiger partial charge is 0.478 e. The second-order valence-electron chi connectivity index (χ2n) is 1.78. The minimum absolute atomic E-state index is 0.833. The first-order valence-corrected chi connectivity index (χ1v) is 3.46. The first kappa shape index (κ1) is 13.3. The fourth-order valence-electron chi connectivity index (χ4n) is 0.287. The van der Waals surface area contributed by atoms with Gasteiger partial charge in [-0.15, -0.1) is 13.2 Å². The molecule has 0 unspecified atom stereocenters. The number of aliphatic carboxylic acids is 1. The molecule has 0 rings (SSSR count). The fraction of sp³-hybridized carbons (Fsp3) is 0.222. The van der Waals surface area contributed by atoms with E-state index < -0.39 is 5.97 Å². The maximum atomic E-state index is 9.25. The zero-order valence-electron chi connectivity index (χ0n) is 7.12. The average Bonchev–Trinajstić information content (AvgIpc) is 2.07. The van der Waals surface area contributed by atoms with Crippen molar-refractivity contribution >= 4 is 5.97 Å².